The molecule has 1 aliphatic heterocycles. The average molecular weight is 333 g/mol. The molecule has 21 heavy (non-hydrogen) atoms. The number of anilines is 1. The number of phenolic OH excluding ortho intramolecular Hbond substituents is 1. The van der Waals surface area contributed by atoms with E-state index < -0.39 is 27.7 Å². The van der Waals surface area contributed by atoms with Gasteiger partial charge in [0.25, 0.3) is 0 Å². The summed E-state index contributed by atoms with van der Waals surface area (Å²) in [4.78, 5) is 23.4. The van der Waals surface area contributed by atoms with Gasteiger partial charge in [0.1, 0.15) is 5.75 Å². The number of sulfone groups is 1. The first kappa shape index (κ1) is 15.6. The third-order valence-corrected chi connectivity index (χ3v) is 4.98. The fourth-order valence-electron chi connectivity index (χ4n) is 1.95. The number of nitrogens with one attached hydrogen (secondary N) is 2. The molecular weight excluding hydrogens is 320 g/mol. The minimum absolute atomic E-state index is 0.00157. The van der Waals surface area contributed by atoms with Gasteiger partial charge in [-0.05, 0) is 24.6 Å². The van der Waals surface area contributed by atoms with Crippen LogP contribution in [0.4, 0.5) is 5.69 Å². The number of rotatable bonds is 2. The highest BCUT2D eigenvalue weighted by Gasteiger charge is 2.30. The van der Waals surface area contributed by atoms with Crippen LogP contribution < -0.4 is 10.6 Å². The molecule has 2 amide bonds. The second-order valence-electron chi connectivity index (χ2n) is 4.69. The first-order valence-electron chi connectivity index (χ1n) is 6.07. The SMILES string of the molecule is O=C(Nc1cc(Cl)ccc1O)C(=O)NC1CCS(=O)(=O)C1. The van der Waals surface area contributed by atoms with Crippen LogP contribution in [0, 0.1) is 0 Å². The van der Waals surface area contributed by atoms with Crippen molar-refractivity contribution >= 4 is 38.9 Å². The van der Waals surface area contributed by atoms with E-state index in [9.17, 15) is 23.1 Å². The van der Waals surface area contributed by atoms with Crippen molar-refractivity contribution in [2.45, 2.75) is 12.5 Å². The molecule has 0 aliphatic carbocycles. The summed E-state index contributed by atoms with van der Waals surface area (Å²) in [7, 11) is -3.14. The van der Waals surface area contributed by atoms with Gasteiger partial charge < -0.3 is 15.7 Å². The second-order valence-corrected chi connectivity index (χ2v) is 7.35. The van der Waals surface area contributed by atoms with Crippen LogP contribution in [0.5, 0.6) is 5.75 Å². The van der Waals surface area contributed by atoms with Crippen LogP contribution in [0.2, 0.25) is 5.02 Å². The van der Waals surface area contributed by atoms with E-state index in [4.69, 9.17) is 11.6 Å². The van der Waals surface area contributed by atoms with Crippen molar-refractivity contribution in [2.75, 3.05) is 16.8 Å². The third-order valence-electron chi connectivity index (χ3n) is 2.98. The molecule has 0 bridgehead atoms. The molecule has 1 aromatic carbocycles. The van der Waals surface area contributed by atoms with Gasteiger partial charge in [0.05, 0.1) is 17.2 Å². The van der Waals surface area contributed by atoms with Crippen LogP contribution in [0.25, 0.3) is 0 Å². The van der Waals surface area contributed by atoms with Crippen molar-refractivity contribution in [3.8, 4) is 5.75 Å². The van der Waals surface area contributed by atoms with E-state index in [0.717, 1.165) is 0 Å². The quantitative estimate of drug-likeness (QED) is 0.532. The molecule has 114 valence electrons. The lowest BCUT2D eigenvalue weighted by atomic mass is 10.2. The zero-order valence-corrected chi connectivity index (χ0v) is 12.4. The molecule has 2 rings (SSSR count). The number of phenols is 1. The number of benzene rings is 1. The molecule has 0 saturated carbocycles. The number of halogens is 1. The monoisotopic (exact) mass is 332 g/mol. The molecule has 1 heterocycles. The molecule has 1 atom stereocenters. The minimum Gasteiger partial charge on any atom is -0.506 e. The molecule has 1 saturated heterocycles. The maximum atomic E-state index is 11.7. The molecule has 0 aromatic heterocycles. The third kappa shape index (κ3) is 4.08. The van der Waals surface area contributed by atoms with Gasteiger partial charge in [-0.25, -0.2) is 8.42 Å². The Morgan fingerprint density at radius 1 is 1.29 bits per heavy atom. The van der Waals surface area contributed by atoms with Crippen LogP contribution in [-0.2, 0) is 19.4 Å². The summed E-state index contributed by atoms with van der Waals surface area (Å²) < 4.78 is 22.5. The molecule has 9 heteroatoms. The normalized spacial score (nSPS) is 20.0. The number of hydrogen-bond acceptors (Lipinski definition) is 5. The second kappa shape index (κ2) is 5.90. The lowest BCUT2D eigenvalue weighted by molar-refractivity contribution is -0.136. The van der Waals surface area contributed by atoms with E-state index in [0.29, 0.717) is 0 Å². The van der Waals surface area contributed by atoms with Crippen LogP contribution >= 0.6 is 11.6 Å². The zero-order chi connectivity index (χ0) is 15.6. The number of aromatic hydroxyl groups is 1. The van der Waals surface area contributed by atoms with Crippen molar-refractivity contribution in [3.05, 3.63) is 23.2 Å². The number of hydrogen-bond donors (Lipinski definition) is 3. The topological polar surface area (TPSA) is 113 Å². The summed E-state index contributed by atoms with van der Waals surface area (Å²) in [5.74, 6) is -2.37. The highest BCUT2D eigenvalue weighted by Crippen LogP contribution is 2.26. The number of amides is 2. The molecule has 1 aliphatic rings. The van der Waals surface area contributed by atoms with Crippen LogP contribution in [-0.4, -0.2) is 42.9 Å². The van der Waals surface area contributed by atoms with E-state index in [1.165, 1.54) is 18.2 Å². The van der Waals surface area contributed by atoms with Crippen LogP contribution in [0.3, 0.4) is 0 Å². The molecule has 1 aromatic rings. The van der Waals surface area contributed by atoms with Crippen molar-refractivity contribution in [2.24, 2.45) is 0 Å². The molecule has 1 fully saturated rings. The Balaban J connectivity index is 1.97. The van der Waals surface area contributed by atoms with Gasteiger partial charge in [0, 0.05) is 11.1 Å². The first-order chi connectivity index (χ1) is 9.77. The highest BCUT2D eigenvalue weighted by atomic mass is 35.5. The fraction of sp³-hybridized carbons (Fsp3) is 0.333. The maximum Gasteiger partial charge on any atom is 0.313 e. The van der Waals surface area contributed by atoms with E-state index in [1.54, 1.807) is 0 Å². The van der Waals surface area contributed by atoms with Crippen molar-refractivity contribution in [1.29, 1.82) is 0 Å². The predicted molar refractivity (Wildman–Crippen MR) is 76.9 cm³/mol. The van der Waals surface area contributed by atoms with Crippen molar-refractivity contribution in [1.82, 2.24) is 5.32 Å². The molecule has 0 spiro atoms. The van der Waals surface area contributed by atoms with Gasteiger partial charge in [-0.1, -0.05) is 11.6 Å². The van der Waals surface area contributed by atoms with Crippen LogP contribution in [0.15, 0.2) is 18.2 Å². The Bertz CT molecular complexity index is 689. The summed E-state index contributed by atoms with van der Waals surface area (Å²) in [6.07, 6.45) is 0.282. The molecule has 1 unspecified atom stereocenters. The van der Waals surface area contributed by atoms with Gasteiger partial charge in [-0.2, -0.15) is 0 Å². The number of carbonyl (C=O) groups is 2. The van der Waals surface area contributed by atoms with E-state index >= 15 is 0 Å². The Morgan fingerprint density at radius 2 is 2.00 bits per heavy atom. The highest BCUT2D eigenvalue weighted by molar-refractivity contribution is 7.91. The van der Waals surface area contributed by atoms with Gasteiger partial charge in [0.15, 0.2) is 9.84 Å². The van der Waals surface area contributed by atoms with Gasteiger partial charge >= 0.3 is 11.8 Å². The van der Waals surface area contributed by atoms with Crippen molar-refractivity contribution < 1.29 is 23.1 Å². The smallest absolute Gasteiger partial charge is 0.313 e. The number of carbonyl (C=O) groups excluding carboxylic acids is 2. The Labute approximate surface area is 126 Å². The summed E-state index contributed by atoms with van der Waals surface area (Å²) in [6.45, 7) is 0. The predicted octanol–water partition coefficient (Wildman–Crippen LogP) is 0.287. The van der Waals surface area contributed by atoms with Gasteiger partial charge in [-0.15, -0.1) is 0 Å². The molecule has 3 N–H and O–H groups in total. The molecular formula is C12H13ClN2O5S. The summed E-state index contributed by atoms with van der Waals surface area (Å²) in [5, 5.41) is 14.4. The fourth-order valence-corrected chi connectivity index (χ4v) is 3.79. The Hall–Kier alpha value is -1.80. The van der Waals surface area contributed by atoms with E-state index in [2.05, 4.69) is 10.6 Å². The van der Waals surface area contributed by atoms with Gasteiger partial charge in [-0.3, -0.25) is 9.59 Å². The lowest BCUT2D eigenvalue weighted by Crippen LogP contribution is -2.42. The molecule has 7 nitrogen and oxygen atoms in total. The van der Waals surface area contributed by atoms with Crippen LogP contribution in [0.1, 0.15) is 6.42 Å². The first-order valence-corrected chi connectivity index (χ1v) is 8.27. The summed E-state index contributed by atoms with van der Waals surface area (Å²) in [5.41, 5.74) is 0.00157. The standard InChI is InChI=1S/C12H13ClN2O5S/c13-7-1-2-10(16)9(5-7)15-12(18)11(17)14-8-3-4-21(19,20)6-8/h1-2,5,8,16H,3-4,6H2,(H,14,17)(H,15,18). The van der Waals surface area contributed by atoms with Gasteiger partial charge in [0.2, 0.25) is 0 Å². The Morgan fingerprint density at radius 3 is 2.62 bits per heavy atom. The van der Waals surface area contributed by atoms with E-state index in [1.807, 2.05) is 0 Å². The van der Waals surface area contributed by atoms with E-state index in [-0.39, 0.29) is 34.4 Å². The maximum absolute atomic E-state index is 11.7. The summed E-state index contributed by atoms with van der Waals surface area (Å²) in [6, 6.07) is 3.43. The molecule has 0 radical (unpaired) electrons. The Kier molecular flexibility index (Phi) is 4.38. The lowest BCUT2D eigenvalue weighted by Gasteiger charge is -2.11. The summed E-state index contributed by atoms with van der Waals surface area (Å²) >= 11 is 5.72. The van der Waals surface area contributed by atoms with Crippen molar-refractivity contribution in [3.63, 3.8) is 0 Å². The largest absolute Gasteiger partial charge is 0.506 e. The zero-order valence-electron chi connectivity index (χ0n) is 10.8. The minimum atomic E-state index is -3.14. The average Bonchev–Trinajstić information content (AvgIpc) is 2.73.